The average molecular weight is 269 g/mol. The summed E-state index contributed by atoms with van der Waals surface area (Å²) in [7, 11) is 0. The summed E-state index contributed by atoms with van der Waals surface area (Å²) in [6.07, 6.45) is 6.43. The summed E-state index contributed by atoms with van der Waals surface area (Å²) >= 11 is 0. The molecule has 1 spiro atoms. The molecule has 0 saturated carbocycles. The first kappa shape index (κ1) is 10.2. The van der Waals surface area contributed by atoms with Crippen molar-refractivity contribution in [2.75, 3.05) is 13.3 Å². The third-order valence-corrected chi connectivity index (χ3v) is 5.74. The van der Waals surface area contributed by atoms with Gasteiger partial charge in [-0.3, -0.25) is 4.90 Å². The van der Waals surface area contributed by atoms with Crippen LogP contribution in [0, 0.1) is 0 Å². The predicted molar refractivity (Wildman–Crippen MR) is 70.9 cm³/mol. The number of rotatable bonds is 0. The van der Waals surface area contributed by atoms with E-state index in [0.717, 1.165) is 31.0 Å². The Bertz CT molecular complexity index is 670. The van der Waals surface area contributed by atoms with Crippen LogP contribution in [0.25, 0.3) is 0 Å². The number of benzene rings is 1. The van der Waals surface area contributed by atoms with E-state index in [4.69, 9.17) is 14.2 Å². The SMILES string of the molecule is C1=C[C@@]23c4cc5c(cc4CN4C[C@@H]2O[C@@H]1C[C@@H]43)OCO5. The van der Waals surface area contributed by atoms with Crippen LogP contribution in [0.5, 0.6) is 11.5 Å². The van der Waals surface area contributed by atoms with Crippen molar-refractivity contribution in [3.63, 3.8) is 0 Å². The lowest BCUT2D eigenvalue weighted by atomic mass is 9.63. The van der Waals surface area contributed by atoms with Gasteiger partial charge in [-0.05, 0) is 29.7 Å². The minimum atomic E-state index is 0.0450. The maximum Gasteiger partial charge on any atom is 0.231 e. The van der Waals surface area contributed by atoms with Crippen molar-refractivity contribution in [1.82, 2.24) is 4.90 Å². The molecule has 2 saturated heterocycles. The van der Waals surface area contributed by atoms with Gasteiger partial charge in [-0.1, -0.05) is 12.2 Å². The zero-order chi connectivity index (χ0) is 12.9. The molecular formula is C16H15NO3. The predicted octanol–water partition coefficient (Wildman–Crippen LogP) is 1.58. The first-order chi connectivity index (χ1) is 9.84. The molecule has 0 amide bonds. The molecule has 0 aromatic heterocycles. The van der Waals surface area contributed by atoms with Gasteiger partial charge in [0.05, 0.1) is 17.6 Å². The summed E-state index contributed by atoms with van der Waals surface area (Å²) in [5, 5.41) is 0. The van der Waals surface area contributed by atoms with E-state index in [2.05, 4.69) is 29.2 Å². The Hall–Kier alpha value is -1.52. The fraction of sp³-hybridized carbons (Fsp3) is 0.500. The molecule has 1 unspecified atom stereocenters. The van der Waals surface area contributed by atoms with Gasteiger partial charge in [0.2, 0.25) is 6.79 Å². The number of fused-ring (bicyclic) bond motifs is 2. The molecule has 5 atom stereocenters. The molecule has 5 heterocycles. The standard InChI is InChI=1S/C16H15NO3/c1-2-16-11-5-13-12(18-8-19-13)3-9(11)6-17-7-15(16)20-10(1)4-14(16)17/h1-3,5,10,14-15H,4,6-8H2/t10-,14+,15-,16-/m0/s1. The Morgan fingerprint density at radius 2 is 2.10 bits per heavy atom. The molecule has 2 fully saturated rings. The first-order valence-corrected chi connectivity index (χ1v) is 7.36. The summed E-state index contributed by atoms with van der Waals surface area (Å²) < 4.78 is 17.4. The number of nitrogens with zero attached hydrogens (tertiary/aromatic N) is 1. The zero-order valence-electron chi connectivity index (χ0n) is 11.0. The highest BCUT2D eigenvalue weighted by Crippen LogP contribution is 2.57. The molecule has 6 aliphatic rings. The second kappa shape index (κ2) is 3.05. The second-order valence-corrected chi connectivity index (χ2v) is 6.50. The summed E-state index contributed by atoms with van der Waals surface area (Å²) in [4.78, 5) is 2.60. The van der Waals surface area contributed by atoms with Crippen LogP contribution < -0.4 is 9.47 Å². The van der Waals surface area contributed by atoms with Crippen LogP contribution in [0.3, 0.4) is 0 Å². The molecule has 4 nitrogen and oxygen atoms in total. The quantitative estimate of drug-likeness (QED) is 0.669. The summed E-state index contributed by atoms with van der Waals surface area (Å²) in [6, 6.07) is 4.98. The normalized spacial score (nSPS) is 44.8. The molecule has 1 aliphatic carbocycles. The van der Waals surface area contributed by atoms with Crippen molar-refractivity contribution in [3.05, 3.63) is 35.4 Å². The van der Waals surface area contributed by atoms with Crippen molar-refractivity contribution in [3.8, 4) is 11.5 Å². The summed E-state index contributed by atoms with van der Waals surface area (Å²) in [5.41, 5.74) is 2.82. The van der Waals surface area contributed by atoms with E-state index < -0.39 is 0 Å². The molecule has 0 N–H and O–H groups in total. The number of hydrogen-bond donors (Lipinski definition) is 0. The monoisotopic (exact) mass is 269 g/mol. The van der Waals surface area contributed by atoms with Crippen molar-refractivity contribution in [2.24, 2.45) is 0 Å². The zero-order valence-corrected chi connectivity index (χ0v) is 11.0. The van der Waals surface area contributed by atoms with Crippen molar-refractivity contribution in [2.45, 2.75) is 36.6 Å². The van der Waals surface area contributed by atoms with Crippen LogP contribution in [0.2, 0.25) is 0 Å². The Balaban J connectivity index is 1.66. The van der Waals surface area contributed by atoms with Crippen molar-refractivity contribution in [1.29, 1.82) is 0 Å². The van der Waals surface area contributed by atoms with Gasteiger partial charge < -0.3 is 14.2 Å². The molecule has 1 aromatic carbocycles. The third-order valence-electron chi connectivity index (χ3n) is 5.74. The summed E-state index contributed by atoms with van der Waals surface area (Å²) in [5.74, 6) is 1.79. The molecule has 1 aromatic rings. The van der Waals surface area contributed by atoms with Crippen LogP contribution >= 0.6 is 0 Å². The highest BCUT2D eigenvalue weighted by Gasteiger charge is 2.63. The largest absolute Gasteiger partial charge is 0.454 e. The van der Waals surface area contributed by atoms with E-state index in [-0.39, 0.29) is 5.41 Å². The van der Waals surface area contributed by atoms with Gasteiger partial charge in [-0.15, -0.1) is 0 Å². The molecule has 7 rings (SSSR count). The van der Waals surface area contributed by atoms with Gasteiger partial charge in [0.15, 0.2) is 11.5 Å². The summed E-state index contributed by atoms with van der Waals surface area (Å²) in [6.45, 7) is 2.40. The van der Waals surface area contributed by atoms with Gasteiger partial charge in [-0.25, -0.2) is 0 Å². The fourth-order valence-corrected chi connectivity index (χ4v) is 4.96. The molecule has 5 bridgehead atoms. The van der Waals surface area contributed by atoms with E-state index >= 15 is 0 Å². The molecule has 0 radical (unpaired) electrons. The Labute approximate surface area is 116 Å². The lowest BCUT2D eigenvalue weighted by molar-refractivity contribution is -0.0561. The highest BCUT2D eigenvalue weighted by molar-refractivity contribution is 5.57. The first-order valence-electron chi connectivity index (χ1n) is 7.36. The fourth-order valence-electron chi connectivity index (χ4n) is 4.96. The average Bonchev–Trinajstić information content (AvgIpc) is 2.95. The maximum absolute atomic E-state index is 6.26. The van der Waals surface area contributed by atoms with E-state index in [9.17, 15) is 0 Å². The third kappa shape index (κ3) is 0.950. The van der Waals surface area contributed by atoms with E-state index in [1.54, 1.807) is 0 Å². The second-order valence-electron chi connectivity index (χ2n) is 6.50. The molecular weight excluding hydrogens is 254 g/mol. The Morgan fingerprint density at radius 1 is 1.20 bits per heavy atom. The maximum atomic E-state index is 6.26. The van der Waals surface area contributed by atoms with Gasteiger partial charge in [-0.2, -0.15) is 0 Å². The Kier molecular flexibility index (Phi) is 1.56. The number of ether oxygens (including phenoxy) is 3. The van der Waals surface area contributed by atoms with Gasteiger partial charge in [0.25, 0.3) is 0 Å². The molecule has 5 aliphatic heterocycles. The lowest BCUT2D eigenvalue weighted by Crippen LogP contribution is -2.57. The van der Waals surface area contributed by atoms with E-state index in [1.807, 2.05) is 0 Å². The van der Waals surface area contributed by atoms with Crippen LogP contribution in [-0.2, 0) is 16.7 Å². The molecule has 20 heavy (non-hydrogen) atoms. The van der Waals surface area contributed by atoms with Crippen LogP contribution in [-0.4, -0.2) is 36.5 Å². The van der Waals surface area contributed by atoms with Crippen LogP contribution in [0.15, 0.2) is 24.3 Å². The molecule has 102 valence electrons. The van der Waals surface area contributed by atoms with Crippen molar-refractivity contribution < 1.29 is 14.2 Å². The topological polar surface area (TPSA) is 30.9 Å². The lowest BCUT2D eigenvalue weighted by Gasteiger charge is -2.51. The number of hydrogen-bond acceptors (Lipinski definition) is 4. The van der Waals surface area contributed by atoms with Crippen LogP contribution in [0.4, 0.5) is 0 Å². The van der Waals surface area contributed by atoms with E-state index in [0.29, 0.717) is 25.0 Å². The smallest absolute Gasteiger partial charge is 0.231 e. The highest BCUT2D eigenvalue weighted by atomic mass is 16.7. The van der Waals surface area contributed by atoms with Crippen molar-refractivity contribution >= 4 is 0 Å². The molecule has 4 heteroatoms. The van der Waals surface area contributed by atoms with Crippen LogP contribution in [0.1, 0.15) is 17.5 Å². The minimum Gasteiger partial charge on any atom is -0.454 e. The Morgan fingerprint density at radius 3 is 3.05 bits per heavy atom. The van der Waals surface area contributed by atoms with Gasteiger partial charge in [0, 0.05) is 19.1 Å². The van der Waals surface area contributed by atoms with Gasteiger partial charge >= 0.3 is 0 Å². The van der Waals surface area contributed by atoms with Gasteiger partial charge in [0.1, 0.15) is 0 Å². The minimum absolute atomic E-state index is 0.0450. The van der Waals surface area contributed by atoms with E-state index in [1.165, 1.54) is 11.1 Å².